The number of allylic oxidation sites excluding steroid dienone is 5. The third-order valence-electron chi connectivity index (χ3n) is 8.66. The number of ether oxygens (including phenoxy) is 2. The summed E-state index contributed by atoms with van der Waals surface area (Å²) < 4.78 is 10.2. The molecule has 6 nitrogen and oxygen atoms in total. The molecule has 0 amide bonds. The Balaban J connectivity index is 3.60. The molecule has 0 saturated carbocycles. The van der Waals surface area contributed by atoms with Crippen molar-refractivity contribution in [1.82, 2.24) is 0 Å². The smallest absolute Gasteiger partial charge is 0.305 e. The van der Waals surface area contributed by atoms with Crippen molar-refractivity contribution in [2.75, 3.05) is 13.2 Å². The molecule has 0 spiro atoms. The van der Waals surface area contributed by atoms with Gasteiger partial charge in [0.2, 0.25) is 0 Å². The summed E-state index contributed by atoms with van der Waals surface area (Å²) in [6.07, 6.45) is 39.5. The molecule has 6 heteroatoms. The minimum atomic E-state index is -1.03. The number of esters is 2. The van der Waals surface area contributed by atoms with Gasteiger partial charge in [-0.05, 0) is 44.4 Å². The average Bonchev–Trinajstić information content (AvgIpc) is 3.06. The van der Waals surface area contributed by atoms with Gasteiger partial charge in [-0.3, -0.25) is 9.59 Å². The summed E-state index contributed by atoms with van der Waals surface area (Å²) >= 11 is 0. The van der Waals surface area contributed by atoms with Crippen LogP contribution in [0.5, 0.6) is 0 Å². The fourth-order valence-corrected chi connectivity index (χ4v) is 5.57. The zero-order valence-electron chi connectivity index (χ0n) is 31.5. The zero-order valence-corrected chi connectivity index (χ0v) is 31.5. The van der Waals surface area contributed by atoms with E-state index in [-0.39, 0.29) is 25.6 Å². The molecule has 0 aromatic heterocycles. The summed E-state index contributed by atoms with van der Waals surface area (Å²) in [7, 11) is 0. The molecule has 0 saturated heterocycles. The van der Waals surface area contributed by atoms with Crippen molar-refractivity contribution in [2.24, 2.45) is 5.92 Å². The highest BCUT2D eigenvalue weighted by atomic mass is 16.6. The van der Waals surface area contributed by atoms with Gasteiger partial charge in [-0.2, -0.15) is 0 Å². The summed E-state index contributed by atoms with van der Waals surface area (Å²) in [6.45, 7) is 6.48. The highest BCUT2D eigenvalue weighted by Crippen LogP contribution is 2.15. The number of hydrogen-bond acceptors (Lipinski definition) is 6. The fourth-order valence-electron chi connectivity index (χ4n) is 5.57. The van der Waals surface area contributed by atoms with Gasteiger partial charge in [0, 0.05) is 12.8 Å². The Bertz CT molecular complexity index is 802. The minimum absolute atomic E-state index is 0.162. The van der Waals surface area contributed by atoms with Crippen LogP contribution in [0, 0.1) is 5.92 Å². The van der Waals surface area contributed by atoms with E-state index < -0.39 is 18.2 Å². The number of aliphatic hydroxyl groups is 2. The molecule has 0 aliphatic carbocycles. The van der Waals surface area contributed by atoms with E-state index in [0.717, 1.165) is 38.0 Å². The normalized spacial score (nSPS) is 13.3. The molecule has 0 rings (SSSR count). The van der Waals surface area contributed by atoms with Crippen LogP contribution in [0.3, 0.4) is 0 Å². The molecular formula is C42H76O6. The second kappa shape index (κ2) is 36.4. The second-order valence-electron chi connectivity index (χ2n) is 14.1. The summed E-state index contributed by atoms with van der Waals surface area (Å²) in [5.41, 5.74) is 0. The molecular weight excluding hydrogens is 600 g/mol. The molecule has 0 aromatic rings. The summed E-state index contributed by atoms with van der Waals surface area (Å²) in [6, 6.07) is 0. The third-order valence-corrected chi connectivity index (χ3v) is 8.66. The standard InChI is InChI=1S/C42H76O6/c1-4-5-6-7-8-9-10-12-16-19-22-25-28-32-39(43)33-30-35-42(46)48-37-40(44)36-47-41(45)34-29-26-23-20-17-14-11-13-15-18-21-24-27-31-38(2)3/h12,16,22,25,28,32,38-40,43-44H,4-11,13-15,17-21,23-24,26-27,29-31,33-37H2,1-3H3/b16-12+,25-22+,32-28+/t39?,40-/m0/s1. The van der Waals surface area contributed by atoms with Crippen molar-refractivity contribution in [3.05, 3.63) is 36.5 Å². The van der Waals surface area contributed by atoms with E-state index in [9.17, 15) is 19.8 Å². The number of carbonyl (C=O) groups is 2. The van der Waals surface area contributed by atoms with E-state index >= 15 is 0 Å². The quantitative estimate of drug-likeness (QED) is 0.0300. The average molecular weight is 677 g/mol. The molecule has 0 aliphatic heterocycles. The number of carbonyl (C=O) groups excluding carboxylic acids is 2. The van der Waals surface area contributed by atoms with Gasteiger partial charge in [-0.1, -0.05) is 173 Å². The Morgan fingerprint density at radius 3 is 1.62 bits per heavy atom. The van der Waals surface area contributed by atoms with Crippen LogP contribution in [0.25, 0.3) is 0 Å². The van der Waals surface area contributed by atoms with Crippen molar-refractivity contribution in [3.63, 3.8) is 0 Å². The van der Waals surface area contributed by atoms with E-state index in [0.29, 0.717) is 19.3 Å². The largest absolute Gasteiger partial charge is 0.463 e. The van der Waals surface area contributed by atoms with Crippen molar-refractivity contribution in [3.8, 4) is 0 Å². The van der Waals surface area contributed by atoms with Gasteiger partial charge in [0.05, 0.1) is 6.10 Å². The molecule has 0 aromatic carbocycles. The number of hydrogen-bond donors (Lipinski definition) is 2. The number of rotatable bonds is 35. The van der Waals surface area contributed by atoms with Crippen LogP contribution in [0.1, 0.15) is 188 Å². The first-order valence-corrected chi connectivity index (χ1v) is 20.0. The molecule has 0 aliphatic rings. The Morgan fingerprint density at radius 2 is 1.06 bits per heavy atom. The Labute approximate surface area is 296 Å². The lowest BCUT2D eigenvalue weighted by Crippen LogP contribution is -2.25. The predicted octanol–water partition coefficient (Wildman–Crippen LogP) is 11.3. The molecule has 1 unspecified atom stereocenters. The predicted molar refractivity (Wildman–Crippen MR) is 202 cm³/mol. The van der Waals surface area contributed by atoms with E-state index in [1.807, 2.05) is 12.2 Å². The van der Waals surface area contributed by atoms with Gasteiger partial charge >= 0.3 is 11.9 Å². The molecule has 48 heavy (non-hydrogen) atoms. The van der Waals surface area contributed by atoms with Crippen LogP contribution in [-0.4, -0.2) is 47.6 Å². The highest BCUT2D eigenvalue weighted by Gasteiger charge is 2.12. The molecule has 2 atom stereocenters. The third kappa shape index (κ3) is 36.9. The molecule has 0 heterocycles. The molecule has 0 radical (unpaired) electrons. The molecule has 0 fully saturated rings. The second-order valence-corrected chi connectivity index (χ2v) is 14.1. The first-order chi connectivity index (χ1) is 23.3. The van der Waals surface area contributed by atoms with Crippen molar-refractivity contribution in [1.29, 1.82) is 0 Å². The summed E-state index contributed by atoms with van der Waals surface area (Å²) in [4.78, 5) is 23.9. The maximum Gasteiger partial charge on any atom is 0.305 e. The van der Waals surface area contributed by atoms with Crippen molar-refractivity contribution in [2.45, 2.75) is 200 Å². The molecule has 280 valence electrons. The van der Waals surface area contributed by atoms with Crippen LogP contribution in [0.15, 0.2) is 36.5 Å². The zero-order chi connectivity index (χ0) is 35.3. The monoisotopic (exact) mass is 677 g/mol. The van der Waals surface area contributed by atoms with Crippen LogP contribution < -0.4 is 0 Å². The molecule has 2 N–H and O–H groups in total. The Morgan fingerprint density at radius 1 is 0.562 bits per heavy atom. The summed E-state index contributed by atoms with van der Waals surface area (Å²) in [5, 5.41) is 20.1. The lowest BCUT2D eigenvalue weighted by atomic mass is 10.0. The van der Waals surface area contributed by atoms with Crippen molar-refractivity contribution < 1.29 is 29.3 Å². The van der Waals surface area contributed by atoms with Crippen LogP contribution >= 0.6 is 0 Å². The minimum Gasteiger partial charge on any atom is -0.463 e. The van der Waals surface area contributed by atoms with E-state index in [2.05, 4.69) is 39.0 Å². The van der Waals surface area contributed by atoms with Crippen LogP contribution in [0.2, 0.25) is 0 Å². The summed E-state index contributed by atoms with van der Waals surface area (Å²) in [5.74, 6) is 0.0868. The van der Waals surface area contributed by atoms with Crippen LogP contribution in [0.4, 0.5) is 0 Å². The first kappa shape index (κ1) is 46.1. The van der Waals surface area contributed by atoms with E-state index in [1.165, 1.54) is 109 Å². The fraction of sp³-hybridized carbons (Fsp3) is 0.810. The van der Waals surface area contributed by atoms with E-state index in [4.69, 9.17) is 9.47 Å². The van der Waals surface area contributed by atoms with Gasteiger partial charge in [0.25, 0.3) is 0 Å². The van der Waals surface area contributed by atoms with Gasteiger partial charge in [-0.15, -0.1) is 0 Å². The topological polar surface area (TPSA) is 93.1 Å². The molecule has 0 bridgehead atoms. The Hall–Kier alpha value is -1.92. The maximum absolute atomic E-state index is 12.0. The lowest BCUT2D eigenvalue weighted by molar-refractivity contribution is -0.152. The van der Waals surface area contributed by atoms with Gasteiger partial charge in [0.15, 0.2) is 0 Å². The SMILES string of the molecule is CCCCCCCC/C=C/C/C=C/C=C/C(O)CCCC(=O)OC[C@@H](O)COC(=O)CCCCCCCCCCCCCCCC(C)C. The van der Waals surface area contributed by atoms with Gasteiger partial charge in [0.1, 0.15) is 19.3 Å². The van der Waals surface area contributed by atoms with Crippen LogP contribution in [-0.2, 0) is 19.1 Å². The maximum atomic E-state index is 12.0. The van der Waals surface area contributed by atoms with Gasteiger partial charge < -0.3 is 19.7 Å². The lowest BCUT2D eigenvalue weighted by Gasteiger charge is -2.12. The highest BCUT2D eigenvalue weighted by molar-refractivity contribution is 5.69. The number of aliphatic hydroxyl groups excluding tert-OH is 2. The Kier molecular flexibility index (Phi) is 34.9. The van der Waals surface area contributed by atoms with Crippen molar-refractivity contribution >= 4 is 11.9 Å². The van der Waals surface area contributed by atoms with Gasteiger partial charge in [-0.25, -0.2) is 0 Å². The van der Waals surface area contributed by atoms with E-state index in [1.54, 1.807) is 6.08 Å². The first-order valence-electron chi connectivity index (χ1n) is 20.0. The number of unbranched alkanes of at least 4 members (excludes halogenated alkanes) is 18.